The van der Waals surface area contributed by atoms with Crippen LogP contribution < -0.4 is 11.1 Å². The minimum Gasteiger partial charge on any atom is -0.368 e. The van der Waals surface area contributed by atoms with E-state index >= 15 is 0 Å². The van der Waals surface area contributed by atoms with Gasteiger partial charge in [0.2, 0.25) is 5.91 Å². The number of amides is 2. The maximum atomic E-state index is 13.0. The highest BCUT2D eigenvalue weighted by Gasteiger charge is 2.37. The number of benzene rings is 2. The van der Waals surface area contributed by atoms with Gasteiger partial charge in [-0.3, -0.25) is 9.59 Å². The summed E-state index contributed by atoms with van der Waals surface area (Å²) in [7, 11) is 0. The zero-order valence-electron chi connectivity index (χ0n) is 14.7. The Balaban J connectivity index is 2.38. The fourth-order valence-electron chi connectivity index (χ4n) is 2.47. The molecule has 2 aromatic carbocycles. The number of rotatable bonds is 5. The first-order valence-corrected chi connectivity index (χ1v) is 9.19. The molecule has 0 aliphatic carbocycles. The molecule has 0 fully saturated rings. The molecule has 4 nitrogen and oxygen atoms in total. The summed E-state index contributed by atoms with van der Waals surface area (Å²) in [4.78, 5) is 24.1. The van der Waals surface area contributed by atoms with Crippen molar-refractivity contribution in [3.63, 3.8) is 0 Å². The monoisotopic (exact) mass is 516 g/mol. The van der Waals surface area contributed by atoms with Gasteiger partial charge in [-0.2, -0.15) is 26.3 Å². The van der Waals surface area contributed by atoms with Crippen LogP contribution in [-0.2, 0) is 23.6 Å². The average molecular weight is 518 g/mol. The molecule has 0 radical (unpaired) electrons. The van der Waals surface area contributed by atoms with Gasteiger partial charge >= 0.3 is 12.4 Å². The summed E-state index contributed by atoms with van der Waals surface area (Å²) in [5.74, 6) is -2.37. The summed E-state index contributed by atoms with van der Waals surface area (Å²) in [6, 6.07) is 3.55. The van der Waals surface area contributed by atoms with Gasteiger partial charge in [-0.1, -0.05) is 27.5 Å². The van der Waals surface area contributed by atoms with Gasteiger partial charge in [0.15, 0.2) is 0 Å². The third-order valence-electron chi connectivity index (χ3n) is 3.93. The lowest BCUT2D eigenvalue weighted by atomic mass is 10.0. The second kappa shape index (κ2) is 8.84. The SMILES string of the molecule is NC(=O)[C@H](Cc1cc(Cl)ccc1Br)NC(=O)c1cc(C(F)(F)F)cc(C(F)(F)F)c1. The Morgan fingerprint density at radius 3 is 2.00 bits per heavy atom. The molecule has 0 unspecified atom stereocenters. The second-order valence-electron chi connectivity index (χ2n) is 6.16. The van der Waals surface area contributed by atoms with E-state index in [-0.39, 0.29) is 24.6 Å². The van der Waals surface area contributed by atoms with Gasteiger partial charge in [0, 0.05) is 21.5 Å². The van der Waals surface area contributed by atoms with E-state index in [4.69, 9.17) is 17.3 Å². The van der Waals surface area contributed by atoms with Crippen LogP contribution in [0.5, 0.6) is 0 Å². The Hall–Kier alpha value is -2.27. The fraction of sp³-hybridized carbons (Fsp3) is 0.222. The van der Waals surface area contributed by atoms with Crippen molar-refractivity contribution in [1.29, 1.82) is 0 Å². The molecule has 0 aromatic heterocycles. The van der Waals surface area contributed by atoms with Crippen LogP contribution in [0.3, 0.4) is 0 Å². The zero-order valence-corrected chi connectivity index (χ0v) is 17.0. The fourth-order valence-corrected chi connectivity index (χ4v) is 3.07. The van der Waals surface area contributed by atoms with Gasteiger partial charge in [-0.25, -0.2) is 0 Å². The number of carbonyl (C=O) groups excluding carboxylic acids is 2. The molecule has 12 heteroatoms. The summed E-state index contributed by atoms with van der Waals surface area (Å²) in [5, 5.41) is 2.37. The molecule has 162 valence electrons. The molecule has 0 heterocycles. The average Bonchev–Trinajstić information content (AvgIpc) is 2.62. The number of carbonyl (C=O) groups is 2. The lowest BCUT2D eigenvalue weighted by Gasteiger charge is -2.18. The van der Waals surface area contributed by atoms with Gasteiger partial charge in [0.1, 0.15) is 6.04 Å². The highest BCUT2D eigenvalue weighted by atomic mass is 79.9. The number of halogens is 8. The third-order valence-corrected chi connectivity index (χ3v) is 4.94. The van der Waals surface area contributed by atoms with Crippen LogP contribution in [0.2, 0.25) is 5.02 Å². The van der Waals surface area contributed by atoms with Crippen LogP contribution in [-0.4, -0.2) is 17.9 Å². The van der Waals surface area contributed by atoms with E-state index in [1.165, 1.54) is 12.1 Å². The molecule has 0 spiro atoms. The smallest absolute Gasteiger partial charge is 0.368 e. The van der Waals surface area contributed by atoms with Crippen molar-refractivity contribution >= 4 is 39.3 Å². The van der Waals surface area contributed by atoms with Gasteiger partial charge in [0.25, 0.3) is 5.91 Å². The Morgan fingerprint density at radius 2 is 1.53 bits per heavy atom. The van der Waals surface area contributed by atoms with Crippen molar-refractivity contribution in [2.24, 2.45) is 5.73 Å². The van der Waals surface area contributed by atoms with E-state index < -0.39 is 46.9 Å². The van der Waals surface area contributed by atoms with E-state index in [0.717, 1.165) is 0 Å². The third kappa shape index (κ3) is 6.11. The summed E-state index contributed by atoms with van der Waals surface area (Å²) in [6.07, 6.45) is -10.4. The molecule has 30 heavy (non-hydrogen) atoms. The zero-order chi connectivity index (χ0) is 22.9. The predicted molar refractivity (Wildman–Crippen MR) is 99.8 cm³/mol. The molecular formula is C18H12BrClF6N2O2. The topological polar surface area (TPSA) is 72.2 Å². The molecular weight excluding hydrogens is 506 g/mol. The van der Waals surface area contributed by atoms with E-state index in [1.807, 2.05) is 0 Å². The molecule has 0 saturated carbocycles. The number of hydrogen-bond acceptors (Lipinski definition) is 2. The summed E-state index contributed by atoms with van der Waals surface area (Å²) >= 11 is 9.07. The van der Waals surface area contributed by atoms with E-state index in [1.54, 1.807) is 6.07 Å². The largest absolute Gasteiger partial charge is 0.416 e. The second-order valence-corrected chi connectivity index (χ2v) is 7.45. The van der Waals surface area contributed by atoms with Gasteiger partial charge < -0.3 is 11.1 Å². The molecule has 1 atom stereocenters. The summed E-state index contributed by atoms with van der Waals surface area (Å²) < 4.78 is 78.3. The van der Waals surface area contributed by atoms with Crippen molar-refractivity contribution in [3.05, 3.63) is 68.1 Å². The molecule has 0 aliphatic rings. The number of primary amides is 1. The van der Waals surface area contributed by atoms with E-state index in [2.05, 4.69) is 21.2 Å². The van der Waals surface area contributed by atoms with Crippen molar-refractivity contribution in [2.75, 3.05) is 0 Å². The maximum Gasteiger partial charge on any atom is 0.416 e. The minimum absolute atomic E-state index is 0.106. The van der Waals surface area contributed by atoms with Gasteiger partial charge in [0.05, 0.1) is 11.1 Å². The van der Waals surface area contributed by atoms with Crippen LogP contribution in [0, 0.1) is 0 Å². The molecule has 0 saturated heterocycles. The highest BCUT2D eigenvalue weighted by molar-refractivity contribution is 9.10. The first-order chi connectivity index (χ1) is 13.7. The standard InChI is InChI=1S/C18H12BrClF6N2O2/c19-13-2-1-12(20)5-8(13)6-14(15(27)29)28-16(30)9-3-10(17(21,22)23)7-11(4-9)18(24,25)26/h1-5,7,14H,6H2,(H2,27,29)(H,28,30)/t14-/m0/s1. The molecule has 3 N–H and O–H groups in total. The maximum absolute atomic E-state index is 13.0. The molecule has 2 aromatic rings. The predicted octanol–water partition coefficient (Wildman–Crippen LogP) is 4.97. The normalized spacial score (nSPS) is 13.1. The quantitative estimate of drug-likeness (QED) is 0.550. The summed E-state index contributed by atoms with van der Waals surface area (Å²) in [6.45, 7) is 0. The Morgan fingerprint density at radius 1 is 1.00 bits per heavy atom. The van der Waals surface area contributed by atoms with Crippen LogP contribution in [0.15, 0.2) is 40.9 Å². The van der Waals surface area contributed by atoms with Crippen LogP contribution in [0.4, 0.5) is 26.3 Å². The molecule has 0 bridgehead atoms. The van der Waals surface area contributed by atoms with Gasteiger partial charge in [-0.15, -0.1) is 0 Å². The van der Waals surface area contributed by atoms with Crippen molar-refractivity contribution in [3.8, 4) is 0 Å². The van der Waals surface area contributed by atoms with Crippen molar-refractivity contribution < 1.29 is 35.9 Å². The molecule has 2 amide bonds. The Labute approximate surface area is 179 Å². The first kappa shape index (κ1) is 24.0. The minimum atomic E-state index is -5.12. The Kier molecular flexibility index (Phi) is 7.08. The van der Waals surface area contributed by atoms with E-state index in [0.29, 0.717) is 15.1 Å². The van der Waals surface area contributed by atoms with Gasteiger partial charge in [-0.05, 0) is 42.0 Å². The number of alkyl halides is 6. The van der Waals surface area contributed by atoms with Crippen LogP contribution >= 0.6 is 27.5 Å². The van der Waals surface area contributed by atoms with E-state index in [9.17, 15) is 35.9 Å². The number of hydrogen-bond donors (Lipinski definition) is 2. The number of nitrogens with one attached hydrogen (secondary N) is 1. The van der Waals surface area contributed by atoms with Crippen LogP contribution in [0.1, 0.15) is 27.0 Å². The molecule has 0 aliphatic heterocycles. The summed E-state index contributed by atoms with van der Waals surface area (Å²) in [5.41, 5.74) is 1.44. The molecule has 2 rings (SSSR count). The first-order valence-electron chi connectivity index (χ1n) is 8.02. The van der Waals surface area contributed by atoms with Crippen LogP contribution in [0.25, 0.3) is 0 Å². The van der Waals surface area contributed by atoms with Crippen molar-refractivity contribution in [1.82, 2.24) is 5.32 Å². The lowest BCUT2D eigenvalue weighted by molar-refractivity contribution is -0.143. The Bertz CT molecular complexity index is 946. The number of nitrogens with two attached hydrogens (primary N) is 1. The lowest BCUT2D eigenvalue weighted by Crippen LogP contribution is -2.46. The highest BCUT2D eigenvalue weighted by Crippen LogP contribution is 2.36. The van der Waals surface area contributed by atoms with Crippen molar-refractivity contribution in [2.45, 2.75) is 24.8 Å².